The van der Waals surface area contributed by atoms with Crippen molar-refractivity contribution in [1.82, 2.24) is 10.4 Å². The van der Waals surface area contributed by atoms with Crippen LogP contribution in [-0.2, 0) is 0 Å². The number of amides is 1. The number of hydrogen-bond acceptors (Lipinski definition) is 6. The number of aromatic nitrogens is 1. The monoisotopic (exact) mass is 301 g/mol. The first kappa shape index (κ1) is 15.3. The summed E-state index contributed by atoms with van der Waals surface area (Å²) < 4.78 is 10.1. The average Bonchev–Trinajstić information content (AvgIpc) is 2.56. The molecular weight excluding hydrogens is 286 g/mol. The standard InChI is InChI=1S/C15H15N3O4/c1-21-12-6-10(7-13(22-2)14(12)19)8-17-18-15(20)11-4-3-5-16-9-11/h3-9,19H,1-2H3,(H,18,20)/b17-8+. The number of carbonyl (C=O) groups excluding carboxylic acids is 1. The summed E-state index contributed by atoms with van der Waals surface area (Å²) in [4.78, 5) is 15.6. The topological polar surface area (TPSA) is 93.0 Å². The third kappa shape index (κ3) is 3.51. The Morgan fingerprint density at radius 3 is 2.55 bits per heavy atom. The van der Waals surface area contributed by atoms with Gasteiger partial charge in [-0.1, -0.05) is 0 Å². The number of nitrogens with zero attached hydrogens (tertiary/aromatic N) is 2. The van der Waals surface area contributed by atoms with Crippen molar-refractivity contribution < 1.29 is 19.4 Å². The molecule has 7 nitrogen and oxygen atoms in total. The highest BCUT2D eigenvalue weighted by Crippen LogP contribution is 2.36. The molecular formula is C15H15N3O4. The van der Waals surface area contributed by atoms with Crippen molar-refractivity contribution in [2.75, 3.05) is 14.2 Å². The number of benzene rings is 1. The van der Waals surface area contributed by atoms with Crippen molar-refractivity contribution in [2.45, 2.75) is 0 Å². The van der Waals surface area contributed by atoms with Crippen LogP contribution >= 0.6 is 0 Å². The molecule has 1 amide bonds. The number of carbonyl (C=O) groups is 1. The minimum atomic E-state index is -0.373. The van der Waals surface area contributed by atoms with Crippen LogP contribution in [0.1, 0.15) is 15.9 Å². The van der Waals surface area contributed by atoms with Crippen molar-refractivity contribution in [3.63, 3.8) is 0 Å². The number of methoxy groups -OCH3 is 2. The van der Waals surface area contributed by atoms with Gasteiger partial charge in [-0.15, -0.1) is 0 Å². The van der Waals surface area contributed by atoms with Crippen LogP contribution in [0.2, 0.25) is 0 Å². The summed E-state index contributed by atoms with van der Waals surface area (Å²) in [5.74, 6) is 0.0300. The second-order valence-corrected chi connectivity index (χ2v) is 4.21. The lowest BCUT2D eigenvalue weighted by Crippen LogP contribution is -2.17. The van der Waals surface area contributed by atoms with Gasteiger partial charge in [0.05, 0.1) is 26.0 Å². The zero-order valence-electron chi connectivity index (χ0n) is 12.1. The van der Waals surface area contributed by atoms with Crippen LogP contribution in [0.15, 0.2) is 41.8 Å². The van der Waals surface area contributed by atoms with Gasteiger partial charge in [-0.2, -0.15) is 5.10 Å². The van der Waals surface area contributed by atoms with Crippen LogP contribution in [0.5, 0.6) is 17.2 Å². The molecule has 22 heavy (non-hydrogen) atoms. The van der Waals surface area contributed by atoms with E-state index in [1.54, 1.807) is 30.5 Å². The third-order valence-corrected chi connectivity index (χ3v) is 2.81. The highest BCUT2D eigenvalue weighted by molar-refractivity contribution is 5.94. The Balaban J connectivity index is 2.12. The Morgan fingerprint density at radius 2 is 2.00 bits per heavy atom. The maximum atomic E-state index is 11.8. The van der Waals surface area contributed by atoms with E-state index in [2.05, 4.69) is 15.5 Å². The number of hydrazone groups is 1. The summed E-state index contributed by atoms with van der Waals surface area (Å²) in [5, 5.41) is 13.7. The molecule has 1 heterocycles. The molecule has 0 radical (unpaired) electrons. The molecule has 0 atom stereocenters. The number of hydrogen-bond donors (Lipinski definition) is 2. The maximum Gasteiger partial charge on any atom is 0.272 e. The molecule has 2 rings (SSSR count). The van der Waals surface area contributed by atoms with Gasteiger partial charge >= 0.3 is 0 Å². The van der Waals surface area contributed by atoms with E-state index in [0.29, 0.717) is 11.1 Å². The van der Waals surface area contributed by atoms with E-state index in [1.165, 1.54) is 26.6 Å². The van der Waals surface area contributed by atoms with E-state index < -0.39 is 0 Å². The zero-order valence-corrected chi connectivity index (χ0v) is 12.1. The fourth-order valence-corrected chi connectivity index (χ4v) is 1.72. The molecule has 1 aromatic carbocycles. The molecule has 0 fully saturated rings. The van der Waals surface area contributed by atoms with Gasteiger partial charge in [-0.3, -0.25) is 9.78 Å². The molecule has 0 aliphatic rings. The summed E-state index contributed by atoms with van der Waals surface area (Å²) in [6.07, 6.45) is 4.44. The summed E-state index contributed by atoms with van der Waals surface area (Å²) in [6, 6.07) is 6.42. The Labute approximate surface area is 127 Å². The summed E-state index contributed by atoms with van der Waals surface area (Å²) in [7, 11) is 2.86. The van der Waals surface area contributed by atoms with Gasteiger partial charge in [0.15, 0.2) is 11.5 Å². The minimum Gasteiger partial charge on any atom is -0.502 e. The van der Waals surface area contributed by atoms with Crippen molar-refractivity contribution in [2.24, 2.45) is 5.10 Å². The van der Waals surface area contributed by atoms with E-state index in [4.69, 9.17) is 9.47 Å². The molecule has 114 valence electrons. The first-order valence-electron chi connectivity index (χ1n) is 6.34. The van der Waals surface area contributed by atoms with Crippen LogP contribution in [0.4, 0.5) is 0 Å². The molecule has 2 N–H and O–H groups in total. The molecule has 2 aromatic rings. The number of pyridine rings is 1. The van der Waals surface area contributed by atoms with Crippen molar-refractivity contribution in [1.29, 1.82) is 0 Å². The average molecular weight is 301 g/mol. The molecule has 0 saturated heterocycles. The Kier molecular flexibility index (Phi) is 4.92. The smallest absolute Gasteiger partial charge is 0.272 e. The van der Waals surface area contributed by atoms with E-state index >= 15 is 0 Å². The van der Waals surface area contributed by atoms with Crippen molar-refractivity contribution in [3.05, 3.63) is 47.8 Å². The Bertz CT molecular complexity index is 661. The first-order chi connectivity index (χ1) is 10.7. The molecule has 7 heteroatoms. The van der Waals surface area contributed by atoms with Crippen molar-refractivity contribution in [3.8, 4) is 17.2 Å². The SMILES string of the molecule is COc1cc(/C=N/NC(=O)c2cccnc2)cc(OC)c1O. The van der Waals surface area contributed by atoms with Crippen LogP contribution in [0.25, 0.3) is 0 Å². The van der Waals surface area contributed by atoms with E-state index in [9.17, 15) is 9.90 Å². The molecule has 0 unspecified atom stereocenters. The van der Waals surface area contributed by atoms with Crippen LogP contribution < -0.4 is 14.9 Å². The van der Waals surface area contributed by atoms with Crippen LogP contribution in [-0.4, -0.2) is 36.4 Å². The van der Waals surface area contributed by atoms with Gasteiger partial charge in [-0.25, -0.2) is 5.43 Å². The number of phenols is 1. The van der Waals surface area contributed by atoms with Crippen molar-refractivity contribution >= 4 is 12.1 Å². The predicted octanol–water partition coefficient (Wildman–Crippen LogP) is 1.57. The summed E-state index contributed by atoms with van der Waals surface area (Å²) in [6.45, 7) is 0. The number of ether oxygens (including phenoxy) is 2. The summed E-state index contributed by atoms with van der Waals surface area (Å²) in [5.41, 5.74) is 3.38. The number of aromatic hydroxyl groups is 1. The second kappa shape index (κ2) is 7.07. The lowest BCUT2D eigenvalue weighted by atomic mass is 10.2. The normalized spacial score (nSPS) is 10.5. The Morgan fingerprint density at radius 1 is 1.32 bits per heavy atom. The largest absolute Gasteiger partial charge is 0.502 e. The lowest BCUT2D eigenvalue weighted by Gasteiger charge is -2.09. The Hall–Kier alpha value is -3.09. The van der Waals surface area contributed by atoms with Gasteiger partial charge < -0.3 is 14.6 Å². The highest BCUT2D eigenvalue weighted by Gasteiger charge is 2.10. The molecule has 0 saturated carbocycles. The van der Waals surface area contributed by atoms with E-state index in [-0.39, 0.29) is 23.2 Å². The maximum absolute atomic E-state index is 11.8. The first-order valence-corrected chi connectivity index (χ1v) is 6.34. The molecule has 1 aromatic heterocycles. The predicted molar refractivity (Wildman–Crippen MR) is 80.5 cm³/mol. The van der Waals surface area contributed by atoms with Gasteiger partial charge in [0.25, 0.3) is 5.91 Å². The molecule has 0 aliphatic carbocycles. The van der Waals surface area contributed by atoms with Crippen LogP contribution in [0.3, 0.4) is 0 Å². The van der Waals surface area contributed by atoms with Gasteiger partial charge in [-0.05, 0) is 24.3 Å². The molecule has 0 aliphatic heterocycles. The summed E-state index contributed by atoms with van der Waals surface area (Å²) >= 11 is 0. The number of rotatable bonds is 5. The lowest BCUT2D eigenvalue weighted by molar-refractivity contribution is 0.0955. The quantitative estimate of drug-likeness (QED) is 0.646. The van der Waals surface area contributed by atoms with Gasteiger partial charge in [0.2, 0.25) is 5.75 Å². The number of nitrogens with one attached hydrogen (secondary N) is 1. The fourth-order valence-electron chi connectivity index (χ4n) is 1.72. The number of phenolic OH excluding ortho intramolecular Hbond substituents is 1. The van der Waals surface area contributed by atoms with E-state index in [0.717, 1.165) is 0 Å². The zero-order chi connectivity index (χ0) is 15.9. The van der Waals surface area contributed by atoms with Gasteiger partial charge in [0.1, 0.15) is 0 Å². The fraction of sp³-hybridized carbons (Fsp3) is 0.133. The minimum absolute atomic E-state index is 0.0958. The van der Waals surface area contributed by atoms with Gasteiger partial charge in [0, 0.05) is 18.0 Å². The second-order valence-electron chi connectivity index (χ2n) is 4.21. The van der Waals surface area contributed by atoms with E-state index in [1.807, 2.05) is 0 Å². The molecule has 0 bridgehead atoms. The third-order valence-electron chi connectivity index (χ3n) is 2.81. The highest BCUT2D eigenvalue weighted by atomic mass is 16.5. The molecule has 0 spiro atoms. The van der Waals surface area contributed by atoms with Crippen LogP contribution in [0, 0.1) is 0 Å².